The number of ether oxygens (including phenoxy) is 1. The van der Waals surface area contributed by atoms with Gasteiger partial charge < -0.3 is 20.3 Å². The van der Waals surface area contributed by atoms with Crippen LogP contribution in [0.1, 0.15) is 43.2 Å². The lowest BCUT2D eigenvalue weighted by Crippen LogP contribution is -2.47. The molecule has 1 atom stereocenters. The van der Waals surface area contributed by atoms with Crippen LogP contribution in [0.15, 0.2) is 53.5 Å². The fourth-order valence-corrected chi connectivity index (χ4v) is 5.35. The van der Waals surface area contributed by atoms with E-state index in [0.717, 1.165) is 75.5 Å². The van der Waals surface area contributed by atoms with Crippen molar-refractivity contribution in [2.45, 2.75) is 44.8 Å². The SMILES string of the molecule is CN1C(=O)C(NC(=O)Nc2ccc(CN3CCOCC3)cc2)N=C(C2CCCCC2)c2ccccc21. The van der Waals surface area contributed by atoms with Gasteiger partial charge in [-0.05, 0) is 36.6 Å². The molecule has 1 saturated heterocycles. The van der Waals surface area contributed by atoms with E-state index < -0.39 is 12.2 Å². The summed E-state index contributed by atoms with van der Waals surface area (Å²) in [5.41, 5.74) is 4.62. The van der Waals surface area contributed by atoms with E-state index in [1.165, 1.54) is 12.0 Å². The largest absolute Gasteiger partial charge is 0.379 e. The van der Waals surface area contributed by atoms with E-state index in [-0.39, 0.29) is 5.91 Å². The van der Waals surface area contributed by atoms with Gasteiger partial charge in [-0.3, -0.25) is 14.7 Å². The number of rotatable bonds is 5. The van der Waals surface area contributed by atoms with Crippen molar-refractivity contribution in [1.82, 2.24) is 10.2 Å². The summed E-state index contributed by atoms with van der Waals surface area (Å²) in [5.74, 6) is 0.0508. The van der Waals surface area contributed by atoms with Gasteiger partial charge in [0, 0.05) is 43.9 Å². The molecule has 2 aromatic rings. The molecule has 0 aromatic heterocycles. The molecule has 3 amide bonds. The summed E-state index contributed by atoms with van der Waals surface area (Å²) in [5, 5.41) is 5.69. The zero-order valence-corrected chi connectivity index (χ0v) is 20.9. The number of morpholine rings is 1. The zero-order valence-electron chi connectivity index (χ0n) is 20.9. The fourth-order valence-electron chi connectivity index (χ4n) is 5.35. The zero-order chi connectivity index (χ0) is 24.9. The van der Waals surface area contributed by atoms with E-state index >= 15 is 0 Å². The molecule has 1 aliphatic carbocycles. The van der Waals surface area contributed by atoms with Gasteiger partial charge in [0.05, 0.1) is 24.6 Å². The van der Waals surface area contributed by atoms with Gasteiger partial charge in [-0.15, -0.1) is 0 Å². The van der Waals surface area contributed by atoms with Gasteiger partial charge in [-0.25, -0.2) is 4.79 Å². The number of benzene rings is 2. The van der Waals surface area contributed by atoms with E-state index in [1.807, 2.05) is 48.5 Å². The van der Waals surface area contributed by atoms with Gasteiger partial charge in [0.1, 0.15) is 0 Å². The normalized spacial score (nSPS) is 21.4. The average Bonchev–Trinajstić information content (AvgIpc) is 3.01. The van der Waals surface area contributed by atoms with Crippen LogP contribution in [-0.4, -0.2) is 62.1 Å². The molecule has 5 rings (SSSR count). The monoisotopic (exact) mass is 489 g/mol. The van der Waals surface area contributed by atoms with Crippen LogP contribution in [0.4, 0.5) is 16.2 Å². The second-order valence-electron chi connectivity index (χ2n) is 9.85. The van der Waals surface area contributed by atoms with Crippen LogP contribution >= 0.6 is 0 Å². The van der Waals surface area contributed by atoms with Gasteiger partial charge in [0.25, 0.3) is 5.91 Å². The summed E-state index contributed by atoms with van der Waals surface area (Å²) in [7, 11) is 1.75. The highest BCUT2D eigenvalue weighted by atomic mass is 16.5. The van der Waals surface area contributed by atoms with Crippen molar-refractivity contribution in [2.24, 2.45) is 10.9 Å². The minimum atomic E-state index is -0.972. The van der Waals surface area contributed by atoms with Crippen LogP contribution in [0.25, 0.3) is 0 Å². The lowest BCUT2D eigenvalue weighted by Gasteiger charge is -2.26. The van der Waals surface area contributed by atoms with Crippen molar-refractivity contribution in [3.05, 3.63) is 59.7 Å². The van der Waals surface area contributed by atoms with Gasteiger partial charge in [-0.2, -0.15) is 0 Å². The summed E-state index contributed by atoms with van der Waals surface area (Å²) in [6.45, 7) is 4.26. The molecule has 190 valence electrons. The number of nitrogens with one attached hydrogen (secondary N) is 2. The first-order valence-electron chi connectivity index (χ1n) is 13.0. The number of hydrogen-bond donors (Lipinski definition) is 2. The highest BCUT2D eigenvalue weighted by Crippen LogP contribution is 2.33. The number of urea groups is 1. The first-order valence-corrected chi connectivity index (χ1v) is 13.0. The Bertz CT molecular complexity index is 1100. The number of carbonyl (C=O) groups is 2. The molecule has 2 aliphatic heterocycles. The van der Waals surface area contributed by atoms with Crippen LogP contribution < -0.4 is 15.5 Å². The van der Waals surface area contributed by atoms with Crippen LogP contribution in [0.5, 0.6) is 0 Å². The Hall–Kier alpha value is -3.23. The number of anilines is 2. The average molecular weight is 490 g/mol. The van der Waals surface area contributed by atoms with Gasteiger partial charge in [-0.1, -0.05) is 49.6 Å². The van der Waals surface area contributed by atoms with Crippen molar-refractivity contribution in [3.63, 3.8) is 0 Å². The number of benzodiazepines with no additional fused rings is 1. The number of fused-ring (bicyclic) bond motifs is 1. The molecule has 8 heteroatoms. The Kier molecular flexibility index (Phi) is 7.63. The quantitative estimate of drug-likeness (QED) is 0.665. The van der Waals surface area contributed by atoms with Crippen LogP contribution in [0, 0.1) is 5.92 Å². The van der Waals surface area contributed by atoms with Crippen LogP contribution in [0.3, 0.4) is 0 Å². The molecule has 0 radical (unpaired) electrons. The number of nitrogens with zero attached hydrogens (tertiary/aromatic N) is 3. The topological polar surface area (TPSA) is 86.3 Å². The first-order chi connectivity index (χ1) is 17.6. The van der Waals surface area contributed by atoms with Crippen molar-refractivity contribution in [1.29, 1.82) is 0 Å². The second kappa shape index (κ2) is 11.2. The highest BCUT2D eigenvalue weighted by molar-refractivity contribution is 6.14. The summed E-state index contributed by atoms with van der Waals surface area (Å²) >= 11 is 0. The smallest absolute Gasteiger partial charge is 0.321 e. The Labute approximate surface area is 212 Å². The van der Waals surface area contributed by atoms with Crippen LogP contribution in [-0.2, 0) is 16.1 Å². The molecule has 8 nitrogen and oxygen atoms in total. The van der Waals surface area contributed by atoms with Gasteiger partial charge >= 0.3 is 6.03 Å². The lowest BCUT2D eigenvalue weighted by atomic mass is 9.83. The minimum Gasteiger partial charge on any atom is -0.379 e. The fraction of sp³-hybridized carbons (Fsp3) is 0.464. The molecule has 2 N–H and O–H groups in total. The molecule has 0 bridgehead atoms. The Morgan fingerprint density at radius 3 is 2.50 bits per heavy atom. The Morgan fingerprint density at radius 2 is 1.75 bits per heavy atom. The summed E-state index contributed by atoms with van der Waals surface area (Å²) in [6.07, 6.45) is 4.70. The van der Waals surface area contributed by atoms with Gasteiger partial charge in [0.15, 0.2) is 0 Å². The number of aliphatic imine (C=N–C) groups is 1. The number of hydrogen-bond acceptors (Lipinski definition) is 5. The molecule has 3 aliphatic rings. The predicted octanol–water partition coefficient (Wildman–Crippen LogP) is 4.01. The van der Waals surface area contributed by atoms with Gasteiger partial charge in [0.2, 0.25) is 6.17 Å². The molecular weight excluding hydrogens is 454 g/mol. The maximum atomic E-state index is 13.3. The Morgan fingerprint density at radius 1 is 1.03 bits per heavy atom. The first kappa shape index (κ1) is 24.5. The molecule has 2 fully saturated rings. The van der Waals surface area contributed by atoms with Crippen LogP contribution in [0.2, 0.25) is 0 Å². The van der Waals surface area contributed by atoms with E-state index in [9.17, 15) is 9.59 Å². The van der Waals surface area contributed by atoms with E-state index in [4.69, 9.17) is 9.73 Å². The van der Waals surface area contributed by atoms with Crippen molar-refractivity contribution in [3.8, 4) is 0 Å². The molecule has 1 unspecified atom stereocenters. The number of likely N-dealkylation sites (N-methyl/N-ethyl adjacent to an activating group) is 1. The molecule has 2 aromatic carbocycles. The number of amides is 3. The Balaban J connectivity index is 1.29. The lowest BCUT2D eigenvalue weighted by molar-refractivity contribution is -0.119. The van der Waals surface area contributed by atoms with Crippen molar-refractivity contribution >= 4 is 29.0 Å². The summed E-state index contributed by atoms with van der Waals surface area (Å²) in [4.78, 5) is 35.1. The second-order valence-corrected chi connectivity index (χ2v) is 9.85. The molecule has 36 heavy (non-hydrogen) atoms. The summed E-state index contributed by atoms with van der Waals surface area (Å²) < 4.78 is 5.41. The third-order valence-electron chi connectivity index (χ3n) is 7.36. The molecule has 1 saturated carbocycles. The van der Waals surface area contributed by atoms with Crippen molar-refractivity contribution < 1.29 is 14.3 Å². The summed E-state index contributed by atoms with van der Waals surface area (Å²) in [6, 6.07) is 15.3. The predicted molar refractivity (Wildman–Crippen MR) is 141 cm³/mol. The number of carbonyl (C=O) groups excluding carboxylic acids is 2. The third kappa shape index (κ3) is 5.60. The van der Waals surface area contributed by atoms with Crippen molar-refractivity contribution in [2.75, 3.05) is 43.6 Å². The van der Waals surface area contributed by atoms with E-state index in [1.54, 1.807) is 11.9 Å². The molecule has 0 spiro atoms. The van der Waals surface area contributed by atoms with E-state index in [2.05, 4.69) is 15.5 Å². The van der Waals surface area contributed by atoms with E-state index in [0.29, 0.717) is 11.6 Å². The maximum Gasteiger partial charge on any atom is 0.321 e. The standard InChI is InChI=1S/C28H35N5O3/c1-32-24-10-6-5-9-23(24)25(21-7-3-2-4-8-21)30-26(27(32)34)31-28(35)29-22-13-11-20(12-14-22)19-33-15-17-36-18-16-33/h5-6,9-14,21,26H,2-4,7-8,15-19H2,1H3,(H2,29,31,35). The molecule has 2 heterocycles. The highest BCUT2D eigenvalue weighted by Gasteiger charge is 2.33. The molecular formula is C28H35N5O3. The number of para-hydroxylation sites is 1. The maximum absolute atomic E-state index is 13.3. The third-order valence-corrected chi connectivity index (χ3v) is 7.36. The minimum absolute atomic E-state index is 0.246.